The van der Waals surface area contributed by atoms with Crippen LogP contribution in [0.5, 0.6) is 0 Å². The van der Waals surface area contributed by atoms with Crippen LogP contribution in [-0.4, -0.2) is 34.2 Å². The average Bonchev–Trinajstić information content (AvgIpc) is 3.09. The molecule has 5 nitrogen and oxygen atoms in total. The average molecular weight is 403 g/mol. The van der Waals surface area contributed by atoms with Crippen molar-refractivity contribution in [2.75, 3.05) is 7.11 Å². The van der Waals surface area contributed by atoms with Gasteiger partial charge in [-0.25, -0.2) is 4.98 Å². The second kappa shape index (κ2) is 8.46. The van der Waals surface area contributed by atoms with E-state index in [9.17, 15) is 18.0 Å². The largest absolute Gasteiger partial charge is 0.399 e. The summed E-state index contributed by atoms with van der Waals surface area (Å²) < 4.78 is 38.8. The summed E-state index contributed by atoms with van der Waals surface area (Å²) >= 11 is 0. The molecule has 3 aromatic rings. The van der Waals surface area contributed by atoms with Gasteiger partial charge < -0.3 is 4.84 Å². The first-order valence-corrected chi connectivity index (χ1v) is 9.00. The lowest BCUT2D eigenvalue weighted by atomic mass is 10.0. The minimum absolute atomic E-state index is 0.0303. The number of aromatic nitrogens is 2. The molecule has 0 radical (unpaired) electrons. The van der Waals surface area contributed by atoms with Crippen molar-refractivity contribution in [2.45, 2.75) is 32.4 Å². The maximum Gasteiger partial charge on any atom is 0.389 e. The Labute approximate surface area is 165 Å². The van der Waals surface area contributed by atoms with Crippen molar-refractivity contribution in [1.82, 2.24) is 9.38 Å². The molecule has 0 aliphatic heterocycles. The predicted octanol–water partition coefficient (Wildman–Crippen LogP) is 4.83. The number of Topliss-reactive ketones (excluding diaryl/α,β-unsaturated/α-hetero) is 1. The second-order valence-electron chi connectivity index (χ2n) is 6.68. The molecule has 0 saturated heterocycles. The third kappa shape index (κ3) is 5.22. The summed E-state index contributed by atoms with van der Waals surface area (Å²) in [7, 11) is 1.48. The van der Waals surface area contributed by atoms with E-state index in [-0.39, 0.29) is 6.42 Å². The highest BCUT2D eigenvalue weighted by atomic mass is 19.4. The van der Waals surface area contributed by atoms with E-state index in [0.717, 1.165) is 28.2 Å². The zero-order chi connectivity index (χ0) is 21.0. The SMILES string of the molecule is CO/N=C(\C)c1ccn2c(-c3cccc(CC(=O)CCC(F)(F)F)c3)cnc2c1. The van der Waals surface area contributed by atoms with Crippen LogP contribution in [0.15, 0.2) is 53.9 Å². The van der Waals surface area contributed by atoms with Gasteiger partial charge in [0.15, 0.2) is 0 Å². The van der Waals surface area contributed by atoms with Crippen LogP contribution in [0.4, 0.5) is 13.2 Å². The van der Waals surface area contributed by atoms with Crippen molar-refractivity contribution in [3.63, 3.8) is 0 Å². The third-order valence-corrected chi connectivity index (χ3v) is 4.47. The van der Waals surface area contributed by atoms with Crippen LogP contribution in [0.2, 0.25) is 0 Å². The minimum Gasteiger partial charge on any atom is -0.399 e. The van der Waals surface area contributed by atoms with Gasteiger partial charge in [-0.05, 0) is 30.7 Å². The van der Waals surface area contributed by atoms with Crippen molar-refractivity contribution in [1.29, 1.82) is 0 Å². The lowest BCUT2D eigenvalue weighted by Crippen LogP contribution is -2.12. The molecule has 0 bridgehead atoms. The highest BCUT2D eigenvalue weighted by Crippen LogP contribution is 2.24. The van der Waals surface area contributed by atoms with Crippen LogP contribution >= 0.6 is 0 Å². The fourth-order valence-electron chi connectivity index (χ4n) is 3.05. The van der Waals surface area contributed by atoms with E-state index in [1.165, 1.54) is 7.11 Å². The van der Waals surface area contributed by atoms with E-state index in [0.29, 0.717) is 5.56 Å². The van der Waals surface area contributed by atoms with Crippen LogP contribution in [-0.2, 0) is 16.1 Å². The van der Waals surface area contributed by atoms with Crippen LogP contribution in [0.1, 0.15) is 30.9 Å². The molecule has 0 atom stereocenters. The van der Waals surface area contributed by atoms with E-state index in [1.807, 2.05) is 35.7 Å². The molecule has 8 heteroatoms. The highest BCUT2D eigenvalue weighted by Gasteiger charge is 2.27. The molecule has 2 heterocycles. The quantitative estimate of drug-likeness (QED) is 0.420. The number of ketones is 1. The van der Waals surface area contributed by atoms with Gasteiger partial charge in [0.25, 0.3) is 0 Å². The zero-order valence-corrected chi connectivity index (χ0v) is 16.0. The summed E-state index contributed by atoms with van der Waals surface area (Å²) in [6, 6.07) is 11.0. The number of nitrogens with zero attached hydrogens (tertiary/aromatic N) is 3. The first-order chi connectivity index (χ1) is 13.8. The minimum atomic E-state index is -4.32. The highest BCUT2D eigenvalue weighted by molar-refractivity contribution is 5.99. The molecular formula is C21H20F3N3O2. The summed E-state index contributed by atoms with van der Waals surface area (Å²) in [5.41, 5.74) is 4.63. The number of rotatable bonds is 7. The molecule has 0 unspecified atom stereocenters. The van der Waals surface area contributed by atoms with Crippen molar-refractivity contribution in [2.24, 2.45) is 5.16 Å². The Kier molecular flexibility index (Phi) is 6.00. The Morgan fingerprint density at radius 3 is 2.76 bits per heavy atom. The standard InChI is InChI=1S/C21H20F3N3O2/c1-14(26-29-2)16-7-9-27-19(13-25-20(27)12-16)17-5-3-4-15(10-17)11-18(28)6-8-21(22,23)24/h3-5,7,9-10,12-13H,6,8,11H2,1-2H3/b26-14+. The molecule has 0 N–H and O–H groups in total. The van der Waals surface area contributed by atoms with E-state index in [1.54, 1.807) is 24.4 Å². The van der Waals surface area contributed by atoms with Crippen LogP contribution in [0, 0.1) is 0 Å². The molecular weight excluding hydrogens is 383 g/mol. The number of fused-ring (bicyclic) bond motifs is 1. The monoisotopic (exact) mass is 403 g/mol. The Bertz CT molecular complexity index is 1050. The van der Waals surface area contributed by atoms with Crippen molar-refractivity contribution in [3.8, 4) is 11.3 Å². The molecule has 0 aliphatic carbocycles. The first-order valence-electron chi connectivity index (χ1n) is 9.00. The summed E-state index contributed by atoms with van der Waals surface area (Å²) in [6.07, 6.45) is -2.37. The van der Waals surface area contributed by atoms with Crippen LogP contribution < -0.4 is 0 Å². The van der Waals surface area contributed by atoms with Gasteiger partial charge in [-0.1, -0.05) is 23.4 Å². The maximum absolute atomic E-state index is 12.3. The second-order valence-corrected chi connectivity index (χ2v) is 6.68. The van der Waals surface area contributed by atoms with Gasteiger partial charge in [0, 0.05) is 30.2 Å². The van der Waals surface area contributed by atoms with Gasteiger partial charge in [-0.3, -0.25) is 9.20 Å². The first kappa shape index (κ1) is 20.6. The molecule has 2 aromatic heterocycles. The lowest BCUT2D eigenvalue weighted by Gasteiger charge is -2.08. The molecule has 0 amide bonds. The number of benzene rings is 1. The number of halogens is 3. The fourth-order valence-corrected chi connectivity index (χ4v) is 3.05. The maximum atomic E-state index is 12.3. The molecule has 152 valence electrons. The Morgan fingerprint density at radius 2 is 2.03 bits per heavy atom. The lowest BCUT2D eigenvalue weighted by molar-refractivity contribution is -0.143. The number of carbonyl (C=O) groups is 1. The molecule has 29 heavy (non-hydrogen) atoms. The molecule has 0 fully saturated rings. The summed E-state index contributed by atoms with van der Waals surface area (Å²) in [5.74, 6) is -0.435. The van der Waals surface area contributed by atoms with Crippen LogP contribution in [0.25, 0.3) is 16.9 Å². The van der Waals surface area contributed by atoms with Gasteiger partial charge in [0.05, 0.1) is 24.0 Å². The number of alkyl halides is 3. The van der Waals surface area contributed by atoms with Gasteiger partial charge in [0.2, 0.25) is 0 Å². The summed E-state index contributed by atoms with van der Waals surface area (Å²) in [5, 5.41) is 3.91. The Hall–Kier alpha value is -3.16. The van der Waals surface area contributed by atoms with Gasteiger partial charge in [0.1, 0.15) is 18.5 Å². The van der Waals surface area contributed by atoms with E-state index in [2.05, 4.69) is 10.1 Å². The summed E-state index contributed by atoms with van der Waals surface area (Å²) in [4.78, 5) is 21.1. The number of hydrogen-bond donors (Lipinski definition) is 0. The molecule has 0 saturated carbocycles. The van der Waals surface area contributed by atoms with E-state index in [4.69, 9.17) is 4.84 Å². The van der Waals surface area contributed by atoms with E-state index >= 15 is 0 Å². The van der Waals surface area contributed by atoms with Crippen molar-refractivity contribution >= 4 is 17.1 Å². The molecule has 1 aromatic carbocycles. The van der Waals surface area contributed by atoms with E-state index < -0.39 is 24.8 Å². The number of pyridine rings is 1. The molecule has 0 aliphatic rings. The third-order valence-electron chi connectivity index (χ3n) is 4.47. The predicted molar refractivity (Wildman–Crippen MR) is 104 cm³/mol. The topological polar surface area (TPSA) is 56.0 Å². The summed E-state index contributed by atoms with van der Waals surface area (Å²) in [6.45, 7) is 1.83. The number of hydrogen-bond acceptors (Lipinski definition) is 4. The Balaban J connectivity index is 1.82. The van der Waals surface area contributed by atoms with Crippen molar-refractivity contribution in [3.05, 3.63) is 59.9 Å². The van der Waals surface area contributed by atoms with Crippen LogP contribution in [0.3, 0.4) is 0 Å². The van der Waals surface area contributed by atoms with Crippen molar-refractivity contribution < 1.29 is 22.8 Å². The normalized spacial score (nSPS) is 12.4. The van der Waals surface area contributed by atoms with Gasteiger partial charge >= 0.3 is 6.18 Å². The Morgan fingerprint density at radius 1 is 1.24 bits per heavy atom. The van der Waals surface area contributed by atoms with Gasteiger partial charge in [-0.15, -0.1) is 0 Å². The van der Waals surface area contributed by atoms with Gasteiger partial charge in [-0.2, -0.15) is 13.2 Å². The zero-order valence-electron chi connectivity index (χ0n) is 16.0. The smallest absolute Gasteiger partial charge is 0.389 e. The number of oxime groups is 1. The molecule has 0 spiro atoms. The molecule has 3 rings (SSSR count). The number of carbonyl (C=O) groups excluding carboxylic acids is 1. The number of imidazole rings is 1. The fraction of sp³-hybridized carbons (Fsp3) is 0.286.